The van der Waals surface area contributed by atoms with Crippen LogP contribution in [0.25, 0.3) is 0 Å². The molecular formula is C18H20N4O3. The van der Waals surface area contributed by atoms with Gasteiger partial charge in [0.2, 0.25) is 11.8 Å². The first-order chi connectivity index (χ1) is 11.9. The number of rotatable bonds is 4. The molecule has 1 aliphatic heterocycles. The topological polar surface area (TPSA) is 104 Å². The Bertz CT molecular complexity index is 862. The van der Waals surface area contributed by atoms with E-state index in [0.29, 0.717) is 12.1 Å². The molecule has 7 heteroatoms. The maximum atomic E-state index is 12.4. The van der Waals surface area contributed by atoms with Gasteiger partial charge in [-0.2, -0.15) is 4.98 Å². The monoisotopic (exact) mass is 340 g/mol. The Morgan fingerprint density at radius 3 is 2.80 bits per heavy atom. The number of carbonyl (C=O) groups is 2. The van der Waals surface area contributed by atoms with Crippen LogP contribution in [0.4, 0.5) is 5.69 Å². The van der Waals surface area contributed by atoms with Crippen LogP contribution in [-0.4, -0.2) is 21.8 Å². The Labute approximate surface area is 144 Å². The van der Waals surface area contributed by atoms with Gasteiger partial charge in [0, 0.05) is 23.5 Å². The lowest BCUT2D eigenvalue weighted by Crippen LogP contribution is -2.35. The fraction of sp³-hybridized carbons (Fsp3) is 0.333. The first-order valence-electron chi connectivity index (χ1n) is 8.18. The van der Waals surface area contributed by atoms with Crippen LogP contribution in [0, 0.1) is 13.8 Å². The minimum absolute atomic E-state index is 0.111. The number of carbonyl (C=O) groups excluding carboxylic acids is 2. The fourth-order valence-corrected chi connectivity index (χ4v) is 3.17. The number of aromatic nitrogens is 2. The highest BCUT2D eigenvalue weighted by Crippen LogP contribution is 2.30. The Balaban J connectivity index is 1.68. The molecule has 3 rings (SSSR count). The van der Waals surface area contributed by atoms with Crippen molar-refractivity contribution < 1.29 is 9.59 Å². The van der Waals surface area contributed by atoms with Gasteiger partial charge in [-0.25, -0.2) is 4.79 Å². The quantitative estimate of drug-likeness (QED) is 0.785. The van der Waals surface area contributed by atoms with Gasteiger partial charge in [-0.1, -0.05) is 18.2 Å². The number of amides is 2. The Morgan fingerprint density at radius 1 is 1.28 bits per heavy atom. The molecule has 1 aliphatic rings. The lowest BCUT2D eigenvalue weighted by atomic mass is 9.97. The lowest BCUT2D eigenvalue weighted by Gasteiger charge is -2.26. The fourth-order valence-electron chi connectivity index (χ4n) is 3.17. The third-order valence-electron chi connectivity index (χ3n) is 4.39. The summed E-state index contributed by atoms with van der Waals surface area (Å²) in [5, 5.41) is 5.74. The van der Waals surface area contributed by atoms with Crippen molar-refractivity contribution in [2.75, 3.05) is 5.32 Å². The molecule has 2 aromatic rings. The zero-order chi connectivity index (χ0) is 18.0. The molecule has 130 valence electrons. The summed E-state index contributed by atoms with van der Waals surface area (Å²) in [7, 11) is 0. The molecule has 0 saturated heterocycles. The molecule has 1 aromatic heterocycles. The normalized spacial score (nSPS) is 16.1. The van der Waals surface area contributed by atoms with Gasteiger partial charge in [0.1, 0.15) is 0 Å². The number of aryl methyl sites for hydroxylation is 2. The van der Waals surface area contributed by atoms with Crippen LogP contribution in [0.2, 0.25) is 0 Å². The van der Waals surface area contributed by atoms with Crippen molar-refractivity contribution in [2.24, 2.45) is 0 Å². The number of aromatic amines is 1. The second kappa shape index (κ2) is 6.88. The highest BCUT2D eigenvalue weighted by molar-refractivity contribution is 5.95. The van der Waals surface area contributed by atoms with E-state index < -0.39 is 0 Å². The first kappa shape index (κ1) is 16.9. The number of fused-ring (bicyclic) bond motifs is 1. The van der Waals surface area contributed by atoms with Gasteiger partial charge in [-0.3, -0.25) is 9.59 Å². The van der Waals surface area contributed by atoms with E-state index >= 15 is 0 Å². The molecule has 0 unspecified atom stereocenters. The first-order valence-corrected chi connectivity index (χ1v) is 8.18. The van der Waals surface area contributed by atoms with Gasteiger partial charge >= 0.3 is 5.69 Å². The minimum atomic E-state index is -0.381. The number of benzene rings is 1. The third-order valence-corrected chi connectivity index (χ3v) is 4.39. The van der Waals surface area contributed by atoms with Crippen LogP contribution >= 0.6 is 0 Å². The van der Waals surface area contributed by atoms with Crippen molar-refractivity contribution in [1.29, 1.82) is 0 Å². The number of nitrogens with one attached hydrogen (secondary N) is 3. The summed E-state index contributed by atoms with van der Waals surface area (Å²) >= 11 is 0. The van der Waals surface area contributed by atoms with Gasteiger partial charge in [0.05, 0.1) is 12.5 Å². The third kappa shape index (κ3) is 3.76. The number of para-hydroxylation sites is 1. The van der Waals surface area contributed by atoms with Crippen LogP contribution in [0.3, 0.4) is 0 Å². The van der Waals surface area contributed by atoms with Crippen molar-refractivity contribution in [1.82, 2.24) is 15.3 Å². The lowest BCUT2D eigenvalue weighted by molar-refractivity contribution is -0.122. The second-order valence-electron chi connectivity index (χ2n) is 6.19. The average Bonchev–Trinajstić information content (AvgIpc) is 2.53. The SMILES string of the molecule is Cc1nc(=O)[nH]c(C)c1CCC(=O)N[C@@H]1CC(=O)Nc2ccccc21. The van der Waals surface area contributed by atoms with E-state index in [0.717, 1.165) is 22.5 Å². The summed E-state index contributed by atoms with van der Waals surface area (Å²) in [5.74, 6) is -0.250. The van der Waals surface area contributed by atoms with E-state index in [9.17, 15) is 14.4 Å². The summed E-state index contributed by atoms with van der Waals surface area (Å²) in [5.41, 5.74) is 3.50. The van der Waals surface area contributed by atoms with Crippen molar-refractivity contribution in [3.63, 3.8) is 0 Å². The smallest absolute Gasteiger partial charge is 0.345 e. The van der Waals surface area contributed by atoms with Gasteiger partial charge < -0.3 is 15.6 Å². The minimum Gasteiger partial charge on any atom is -0.349 e. The molecule has 2 amide bonds. The maximum Gasteiger partial charge on any atom is 0.345 e. The number of H-pyrrole nitrogens is 1. The van der Waals surface area contributed by atoms with E-state index in [1.807, 2.05) is 24.3 Å². The zero-order valence-electron chi connectivity index (χ0n) is 14.2. The van der Waals surface area contributed by atoms with Crippen LogP contribution in [0.15, 0.2) is 29.1 Å². The molecule has 3 N–H and O–H groups in total. The van der Waals surface area contributed by atoms with Gasteiger partial charge in [-0.15, -0.1) is 0 Å². The molecule has 2 heterocycles. The zero-order valence-corrected chi connectivity index (χ0v) is 14.2. The van der Waals surface area contributed by atoms with Crippen LogP contribution in [0.1, 0.15) is 41.4 Å². The van der Waals surface area contributed by atoms with Gasteiger partial charge in [-0.05, 0) is 37.5 Å². The molecule has 0 bridgehead atoms. The van der Waals surface area contributed by atoms with E-state index in [1.165, 1.54) is 0 Å². The average molecular weight is 340 g/mol. The maximum absolute atomic E-state index is 12.4. The molecule has 0 fully saturated rings. The van der Waals surface area contributed by atoms with Gasteiger partial charge in [0.15, 0.2) is 0 Å². The predicted molar refractivity (Wildman–Crippen MR) is 93.2 cm³/mol. The largest absolute Gasteiger partial charge is 0.349 e. The molecule has 1 atom stereocenters. The number of hydrogen-bond acceptors (Lipinski definition) is 4. The molecule has 0 aliphatic carbocycles. The standard InChI is InChI=1S/C18H20N4O3/c1-10-12(11(2)20-18(25)19-10)7-8-16(23)22-15-9-17(24)21-14-6-4-3-5-13(14)15/h3-6,15H,7-9H2,1-2H3,(H,21,24)(H,22,23)(H,19,20,25)/t15-/m1/s1. The van der Waals surface area contributed by atoms with Crippen molar-refractivity contribution in [3.8, 4) is 0 Å². The molecule has 0 saturated carbocycles. The summed E-state index contributed by atoms with van der Waals surface area (Å²) in [6, 6.07) is 7.13. The summed E-state index contributed by atoms with van der Waals surface area (Å²) in [6.45, 7) is 3.56. The summed E-state index contributed by atoms with van der Waals surface area (Å²) < 4.78 is 0. The molecule has 7 nitrogen and oxygen atoms in total. The molecule has 1 aromatic carbocycles. The number of hydrogen-bond donors (Lipinski definition) is 3. The molecule has 0 radical (unpaired) electrons. The van der Waals surface area contributed by atoms with Crippen molar-refractivity contribution in [2.45, 2.75) is 39.2 Å². The Morgan fingerprint density at radius 2 is 2.04 bits per heavy atom. The Hall–Kier alpha value is -2.96. The Kier molecular flexibility index (Phi) is 4.65. The van der Waals surface area contributed by atoms with E-state index in [-0.39, 0.29) is 36.4 Å². The molecule has 0 spiro atoms. The summed E-state index contributed by atoms with van der Waals surface area (Å²) in [4.78, 5) is 42.0. The highest BCUT2D eigenvalue weighted by Gasteiger charge is 2.25. The van der Waals surface area contributed by atoms with Crippen LogP contribution in [-0.2, 0) is 16.0 Å². The van der Waals surface area contributed by atoms with Crippen molar-refractivity contribution >= 4 is 17.5 Å². The van der Waals surface area contributed by atoms with E-state index in [1.54, 1.807) is 13.8 Å². The highest BCUT2D eigenvalue weighted by atomic mass is 16.2. The van der Waals surface area contributed by atoms with Crippen LogP contribution < -0.4 is 16.3 Å². The summed E-state index contributed by atoms with van der Waals surface area (Å²) in [6.07, 6.45) is 0.963. The van der Waals surface area contributed by atoms with Crippen LogP contribution in [0.5, 0.6) is 0 Å². The van der Waals surface area contributed by atoms with Crippen molar-refractivity contribution in [3.05, 3.63) is 57.3 Å². The second-order valence-corrected chi connectivity index (χ2v) is 6.19. The number of nitrogens with zero attached hydrogens (tertiary/aromatic N) is 1. The van der Waals surface area contributed by atoms with E-state index in [4.69, 9.17) is 0 Å². The molecular weight excluding hydrogens is 320 g/mol. The van der Waals surface area contributed by atoms with E-state index in [2.05, 4.69) is 20.6 Å². The molecule has 25 heavy (non-hydrogen) atoms. The van der Waals surface area contributed by atoms with Gasteiger partial charge in [0.25, 0.3) is 0 Å². The predicted octanol–water partition coefficient (Wildman–Crippen LogP) is 1.52. The number of anilines is 1.